The number of hydrogen-bond acceptors (Lipinski definition) is 5. The summed E-state index contributed by atoms with van der Waals surface area (Å²) >= 11 is 0. The fraction of sp³-hybridized carbons (Fsp3) is 0.615. The van der Waals surface area contributed by atoms with E-state index in [2.05, 4.69) is 15.3 Å². The Balaban J connectivity index is 2.35. The molecule has 0 aliphatic carbocycles. The largest absolute Gasteiger partial charge is 0.354 e. The molecule has 0 aliphatic rings. The van der Waals surface area contributed by atoms with E-state index in [1.54, 1.807) is 0 Å². The Morgan fingerprint density at radius 1 is 1.37 bits per heavy atom. The fourth-order valence-corrected chi connectivity index (χ4v) is 1.81. The van der Waals surface area contributed by atoms with E-state index >= 15 is 0 Å². The number of amides is 1. The average molecular weight is 265 g/mol. The molecule has 1 heterocycles. The number of nitrogens with two attached hydrogens (primary N) is 2. The highest BCUT2D eigenvalue weighted by Gasteiger charge is 2.12. The Morgan fingerprint density at radius 2 is 2.00 bits per heavy atom. The predicted octanol–water partition coefficient (Wildman–Crippen LogP) is -0.182. The molecule has 0 radical (unpaired) electrons. The van der Waals surface area contributed by atoms with Gasteiger partial charge in [0.15, 0.2) is 0 Å². The molecule has 0 aromatic carbocycles. The molecular weight excluding hydrogens is 242 g/mol. The quantitative estimate of drug-likeness (QED) is 0.634. The first-order valence-electron chi connectivity index (χ1n) is 6.57. The molecule has 0 saturated carbocycles. The Hall–Kier alpha value is -1.53. The third kappa shape index (κ3) is 5.76. The smallest absolute Gasteiger partial charge is 0.236 e. The summed E-state index contributed by atoms with van der Waals surface area (Å²) in [6.45, 7) is 4.91. The molecule has 19 heavy (non-hydrogen) atoms. The van der Waals surface area contributed by atoms with Gasteiger partial charge in [-0.15, -0.1) is 0 Å². The number of nitrogens with zero attached hydrogens (tertiary/aromatic N) is 2. The van der Waals surface area contributed by atoms with Crippen LogP contribution in [0, 0.1) is 13.8 Å². The molecule has 6 nitrogen and oxygen atoms in total. The van der Waals surface area contributed by atoms with Crippen LogP contribution in [-0.4, -0.2) is 35.0 Å². The molecule has 0 bridgehead atoms. The molecule has 1 rings (SSSR count). The maximum absolute atomic E-state index is 11.7. The van der Waals surface area contributed by atoms with Crippen LogP contribution in [0.4, 0.5) is 0 Å². The van der Waals surface area contributed by atoms with Crippen molar-refractivity contribution in [2.75, 3.05) is 13.1 Å². The number of nitrogens with one attached hydrogen (secondary N) is 1. The summed E-state index contributed by atoms with van der Waals surface area (Å²) < 4.78 is 0. The summed E-state index contributed by atoms with van der Waals surface area (Å²) in [7, 11) is 0. The van der Waals surface area contributed by atoms with Gasteiger partial charge in [0.25, 0.3) is 0 Å². The zero-order valence-corrected chi connectivity index (χ0v) is 11.6. The van der Waals surface area contributed by atoms with Crippen LogP contribution >= 0.6 is 0 Å². The van der Waals surface area contributed by atoms with Crippen molar-refractivity contribution in [3.8, 4) is 0 Å². The number of aryl methyl sites for hydroxylation is 2. The molecule has 6 heteroatoms. The van der Waals surface area contributed by atoms with E-state index in [9.17, 15) is 4.79 Å². The lowest BCUT2D eigenvalue weighted by Crippen LogP contribution is -2.41. The molecule has 0 spiro atoms. The molecule has 1 amide bonds. The van der Waals surface area contributed by atoms with E-state index in [1.807, 2.05) is 19.9 Å². The Kier molecular flexibility index (Phi) is 6.38. The highest BCUT2D eigenvalue weighted by Crippen LogP contribution is 1.99. The van der Waals surface area contributed by atoms with Crippen molar-refractivity contribution in [1.82, 2.24) is 15.3 Å². The van der Waals surface area contributed by atoms with Crippen LogP contribution in [0.3, 0.4) is 0 Å². The lowest BCUT2D eigenvalue weighted by Gasteiger charge is -2.11. The van der Waals surface area contributed by atoms with E-state index in [0.29, 0.717) is 25.9 Å². The number of rotatable bonds is 7. The topological polar surface area (TPSA) is 107 Å². The van der Waals surface area contributed by atoms with E-state index in [1.165, 1.54) is 0 Å². The molecule has 1 aromatic heterocycles. The Labute approximate surface area is 114 Å². The van der Waals surface area contributed by atoms with Gasteiger partial charge in [0.1, 0.15) is 5.82 Å². The van der Waals surface area contributed by atoms with Gasteiger partial charge in [-0.1, -0.05) is 0 Å². The van der Waals surface area contributed by atoms with Gasteiger partial charge in [-0.25, -0.2) is 9.97 Å². The second-order valence-corrected chi connectivity index (χ2v) is 4.65. The zero-order valence-electron chi connectivity index (χ0n) is 11.6. The molecule has 106 valence electrons. The Morgan fingerprint density at radius 3 is 2.58 bits per heavy atom. The molecule has 1 aromatic rings. The van der Waals surface area contributed by atoms with E-state index < -0.39 is 6.04 Å². The minimum absolute atomic E-state index is 0.141. The molecule has 0 unspecified atom stereocenters. The first-order chi connectivity index (χ1) is 9.02. The van der Waals surface area contributed by atoms with Gasteiger partial charge >= 0.3 is 0 Å². The van der Waals surface area contributed by atoms with Crippen molar-refractivity contribution in [3.63, 3.8) is 0 Å². The van der Waals surface area contributed by atoms with Gasteiger partial charge in [0.05, 0.1) is 6.04 Å². The van der Waals surface area contributed by atoms with Gasteiger partial charge < -0.3 is 16.8 Å². The first-order valence-corrected chi connectivity index (χ1v) is 6.57. The second kappa shape index (κ2) is 7.81. The Bertz CT molecular complexity index is 401. The lowest BCUT2D eigenvalue weighted by molar-refractivity contribution is -0.122. The average Bonchev–Trinajstić information content (AvgIpc) is 2.34. The number of hydrogen-bond donors (Lipinski definition) is 3. The highest BCUT2D eigenvalue weighted by molar-refractivity contribution is 5.81. The molecular formula is C13H23N5O. The van der Waals surface area contributed by atoms with Crippen LogP contribution < -0.4 is 16.8 Å². The van der Waals surface area contributed by atoms with E-state index in [0.717, 1.165) is 23.6 Å². The minimum Gasteiger partial charge on any atom is -0.354 e. The zero-order chi connectivity index (χ0) is 14.3. The maximum Gasteiger partial charge on any atom is 0.236 e. The summed E-state index contributed by atoms with van der Waals surface area (Å²) in [5, 5.41) is 2.79. The molecule has 0 aliphatic heterocycles. The molecule has 0 fully saturated rings. The second-order valence-electron chi connectivity index (χ2n) is 4.65. The number of aromatic nitrogens is 2. The van der Waals surface area contributed by atoms with Gasteiger partial charge in [-0.3, -0.25) is 4.79 Å². The van der Waals surface area contributed by atoms with Gasteiger partial charge in [0, 0.05) is 24.4 Å². The minimum atomic E-state index is -0.483. The monoisotopic (exact) mass is 265 g/mol. The van der Waals surface area contributed by atoms with Gasteiger partial charge in [-0.05, 0) is 39.3 Å². The summed E-state index contributed by atoms with van der Waals surface area (Å²) in [6, 6.07) is 1.44. The van der Waals surface area contributed by atoms with E-state index in [4.69, 9.17) is 11.5 Å². The third-order valence-electron chi connectivity index (χ3n) is 2.73. The summed E-state index contributed by atoms with van der Waals surface area (Å²) in [5.41, 5.74) is 13.0. The van der Waals surface area contributed by atoms with Gasteiger partial charge in [-0.2, -0.15) is 0 Å². The van der Waals surface area contributed by atoms with Crippen molar-refractivity contribution in [3.05, 3.63) is 23.3 Å². The molecule has 0 saturated heterocycles. The van der Waals surface area contributed by atoms with Crippen LogP contribution in [0.25, 0.3) is 0 Å². The van der Waals surface area contributed by atoms with Crippen molar-refractivity contribution in [2.45, 2.75) is 39.2 Å². The van der Waals surface area contributed by atoms with Crippen LogP contribution in [-0.2, 0) is 11.2 Å². The van der Waals surface area contributed by atoms with Crippen molar-refractivity contribution >= 4 is 5.91 Å². The summed E-state index contributed by atoms with van der Waals surface area (Å²) in [5.74, 6) is 0.603. The maximum atomic E-state index is 11.7. The summed E-state index contributed by atoms with van der Waals surface area (Å²) in [6.07, 6.45) is 1.98. The van der Waals surface area contributed by atoms with Crippen molar-refractivity contribution in [2.24, 2.45) is 11.5 Å². The molecule has 1 atom stereocenters. The standard InChI is InChI=1S/C13H23N5O/c1-9-8-10(2)18-12(17-9)5-7-16-13(19)11(15)4-3-6-14/h8,11H,3-7,14-15H2,1-2H3,(H,16,19)/t11-/m1/s1. The van der Waals surface area contributed by atoms with E-state index in [-0.39, 0.29) is 5.91 Å². The van der Waals surface area contributed by atoms with Crippen LogP contribution in [0.15, 0.2) is 6.07 Å². The van der Waals surface area contributed by atoms with Crippen LogP contribution in [0.5, 0.6) is 0 Å². The molecule has 5 N–H and O–H groups in total. The summed E-state index contributed by atoms with van der Waals surface area (Å²) in [4.78, 5) is 20.3. The number of carbonyl (C=O) groups excluding carboxylic acids is 1. The SMILES string of the molecule is Cc1cc(C)nc(CCNC(=O)[C@H](N)CCCN)n1. The highest BCUT2D eigenvalue weighted by atomic mass is 16.2. The van der Waals surface area contributed by atoms with Crippen molar-refractivity contribution < 1.29 is 4.79 Å². The van der Waals surface area contributed by atoms with Crippen molar-refractivity contribution in [1.29, 1.82) is 0 Å². The normalized spacial score (nSPS) is 12.2. The van der Waals surface area contributed by atoms with Gasteiger partial charge in [0.2, 0.25) is 5.91 Å². The predicted molar refractivity (Wildman–Crippen MR) is 74.5 cm³/mol. The third-order valence-corrected chi connectivity index (χ3v) is 2.73. The number of carbonyl (C=O) groups is 1. The van der Waals surface area contributed by atoms with Crippen LogP contribution in [0.2, 0.25) is 0 Å². The fourth-order valence-electron chi connectivity index (χ4n) is 1.81. The van der Waals surface area contributed by atoms with Crippen LogP contribution in [0.1, 0.15) is 30.1 Å². The lowest BCUT2D eigenvalue weighted by atomic mass is 10.1. The first kappa shape index (κ1) is 15.5.